The molecule has 17 heavy (non-hydrogen) atoms. The fourth-order valence-corrected chi connectivity index (χ4v) is 3.18. The summed E-state index contributed by atoms with van der Waals surface area (Å²) in [4.78, 5) is 4.35. The third kappa shape index (κ3) is 2.15. The molecule has 1 aliphatic rings. The number of piperidine rings is 1. The molecule has 0 aliphatic carbocycles. The van der Waals surface area contributed by atoms with E-state index in [0.717, 1.165) is 18.0 Å². The Balaban J connectivity index is 1.89. The second kappa shape index (κ2) is 4.27. The lowest BCUT2D eigenvalue weighted by Gasteiger charge is -2.28. The number of aromatic nitrogens is 1. The summed E-state index contributed by atoms with van der Waals surface area (Å²) in [6.45, 7) is 3.41. The molecule has 2 unspecified atom stereocenters. The summed E-state index contributed by atoms with van der Waals surface area (Å²) in [5, 5.41) is 4.26. The first-order valence-electron chi connectivity index (χ1n) is 6.12. The summed E-state index contributed by atoms with van der Waals surface area (Å²) < 4.78 is 1.18. The number of rotatable bonds is 1. The van der Waals surface area contributed by atoms with Crippen molar-refractivity contribution in [3.63, 3.8) is 0 Å². The van der Waals surface area contributed by atoms with E-state index >= 15 is 0 Å². The quantitative estimate of drug-likeness (QED) is 0.814. The molecule has 0 bridgehead atoms. The molecule has 0 radical (unpaired) electrons. The van der Waals surface area contributed by atoms with E-state index in [9.17, 15) is 0 Å². The number of benzene rings is 1. The van der Waals surface area contributed by atoms with Gasteiger partial charge in [-0.3, -0.25) is 0 Å². The Hall–Kier alpha value is -1.13. The van der Waals surface area contributed by atoms with Crippen LogP contribution in [0.1, 0.15) is 31.4 Å². The van der Waals surface area contributed by atoms with Gasteiger partial charge >= 0.3 is 0 Å². The van der Waals surface area contributed by atoms with Crippen LogP contribution < -0.4 is 11.1 Å². The predicted octanol–water partition coefficient (Wildman–Crippen LogP) is 2.94. The van der Waals surface area contributed by atoms with Gasteiger partial charge in [-0.15, -0.1) is 0 Å². The molecule has 3 rings (SSSR count). The van der Waals surface area contributed by atoms with Crippen molar-refractivity contribution in [2.45, 2.75) is 25.8 Å². The molecule has 0 spiro atoms. The molecule has 2 heterocycles. The highest BCUT2D eigenvalue weighted by Gasteiger charge is 2.19. The van der Waals surface area contributed by atoms with Crippen LogP contribution in [-0.2, 0) is 0 Å². The SMILES string of the molecule is CC1CCC(c2ccc3sc(N)nc3c2)NC1. The summed E-state index contributed by atoms with van der Waals surface area (Å²) in [7, 11) is 0. The van der Waals surface area contributed by atoms with Gasteiger partial charge in [0, 0.05) is 6.04 Å². The van der Waals surface area contributed by atoms with Crippen LogP contribution in [-0.4, -0.2) is 11.5 Å². The number of nitrogen functional groups attached to an aromatic ring is 1. The minimum absolute atomic E-state index is 0.485. The van der Waals surface area contributed by atoms with E-state index < -0.39 is 0 Å². The number of hydrogen-bond acceptors (Lipinski definition) is 4. The normalized spacial score (nSPS) is 25.2. The standard InChI is InChI=1S/C13H17N3S/c1-8-2-4-10(15-7-8)9-3-5-12-11(6-9)16-13(14)17-12/h3,5-6,8,10,15H,2,4,7H2,1H3,(H2,14,16). The average Bonchev–Trinajstić information content (AvgIpc) is 2.69. The van der Waals surface area contributed by atoms with Gasteiger partial charge in [-0.05, 0) is 43.0 Å². The van der Waals surface area contributed by atoms with Crippen molar-refractivity contribution in [1.82, 2.24) is 10.3 Å². The van der Waals surface area contributed by atoms with Crippen LogP contribution in [0.5, 0.6) is 0 Å². The van der Waals surface area contributed by atoms with Gasteiger partial charge in [-0.1, -0.05) is 24.3 Å². The van der Waals surface area contributed by atoms with Gasteiger partial charge in [0.15, 0.2) is 5.13 Å². The van der Waals surface area contributed by atoms with Crippen LogP contribution in [0.2, 0.25) is 0 Å². The zero-order chi connectivity index (χ0) is 11.8. The maximum Gasteiger partial charge on any atom is 0.181 e. The molecule has 90 valence electrons. The molecule has 3 nitrogen and oxygen atoms in total. The first-order valence-corrected chi connectivity index (χ1v) is 6.93. The van der Waals surface area contributed by atoms with Crippen molar-refractivity contribution < 1.29 is 0 Å². The number of nitrogens with zero attached hydrogens (tertiary/aromatic N) is 1. The lowest BCUT2D eigenvalue weighted by atomic mass is 9.92. The highest BCUT2D eigenvalue weighted by atomic mass is 32.1. The van der Waals surface area contributed by atoms with E-state index in [1.807, 2.05) is 0 Å². The molecule has 2 aromatic rings. The third-order valence-electron chi connectivity index (χ3n) is 3.49. The van der Waals surface area contributed by atoms with Gasteiger partial charge in [-0.25, -0.2) is 4.98 Å². The largest absolute Gasteiger partial charge is 0.375 e. The Morgan fingerprint density at radius 2 is 2.29 bits per heavy atom. The predicted molar refractivity (Wildman–Crippen MR) is 73.2 cm³/mol. The Morgan fingerprint density at radius 1 is 1.41 bits per heavy atom. The maximum absolute atomic E-state index is 5.73. The van der Waals surface area contributed by atoms with E-state index in [1.165, 1.54) is 23.1 Å². The van der Waals surface area contributed by atoms with Crippen molar-refractivity contribution in [1.29, 1.82) is 0 Å². The topological polar surface area (TPSA) is 50.9 Å². The van der Waals surface area contributed by atoms with Gasteiger partial charge in [0.2, 0.25) is 0 Å². The second-order valence-electron chi connectivity index (χ2n) is 4.92. The van der Waals surface area contributed by atoms with Gasteiger partial charge < -0.3 is 11.1 Å². The maximum atomic E-state index is 5.73. The lowest BCUT2D eigenvalue weighted by molar-refractivity contribution is 0.333. The van der Waals surface area contributed by atoms with Gasteiger partial charge in [0.25, 0.3) is 0 Å². The first kappa shape index (κ1) is 11.0. The number of fused-ring (bicyclic) bond motifs is 1. The van der Waals surface area contributed by atoms with Crippen molar-refractivity contribution in [2.75, 3.05) is 12.3 Å². The smallest absolute Gasteiger partial charge is 0.181 e. The Labute approximate surface area is 105 Å². The van der Waals surface area contributed by atoms with E-state index in [4.69, 9.17) is 5.73 Å². The van der Waals surface area contributed by atoms with Crippen molar-refractivity contribution in [3.8, 4) is 0 Å². The minimum Gasteiger partial charge on any atom is -0.375 e. The number of anilines is 1. The highest BCUT2D eigenvalue weighted by Crippen LogP contribution is 2.30. The van der Waals surface area contributed by atoms with Gasteiger partial charge in [0.1, 0.15) is 0 Å². The molecule has 4 heteroatoms. The molecule has 0 saturated carbocycles. The lowest BCUT2D eigenvalue weighted by Crippen LogP contribution is -2.31. The molecule has 1 fully saturated rings. The van der Waals surface area contributed by atoms with Crippen molar-refractivity contribution >= 4 is 26.7 Å². The summed E-state index contributed by atoms with van der Waals surface area (Å²) in [6, 6.07) is 7.00. The number of hydrogen-bond donors (Lipinski definition) is 2. The van der Waals surface area contributed by atoms with Gasteiger partial charge in [0.05, 0.1) is 10.2 Å². The Morgan fingerprint density at radius 3 is 3.06 bits per heavy atom. The van der Waals surface area contributed by atoms with Crippen LogP contribution in [0.15, 0.2) is 18.2 Å². The minimum atomic E-state index is 0.485. The molecule has 1 aliphatic heterocycles. The summed E-state index contributed by atoms with van der Waals surface area (Å²) in [6.07, 6.45) is 2.52. The summed E-state index contributed by atoms with van der Waals surface area (Å²) in [5.41, 5.74) is 8.10. The number of nitrogens with one attached hydrogen (secondary N) is 1. The van der Waals surface area contributed by atoms with Gasteiger partial charge in [-0.2, -0.15) is 0 Å². The van der Waals surface area contributed by atoms with Crippen LogP contribution >= 0.6 is 11.3 Å². The van der Waals surface area contributed by atoms with E-state index in [2.05, 4.69) is 35.4 Å². The average molecular weight is 247 g/mol. The molecular weight excluding hydrogens is 230 g/mol. The van der Waals surface area contributed by atoms with Crippen molar-refractivity contribution in [3.05, 3.63) is 23.8 Å². The Kier molecular flexibility index (Phi) is 2.76. The second-order valence-corrected chi connectivity index (χ2v) is 5.98. The fraction of sp³-hybridized carbons (Fsp3) is 0.462. The number of thiazole rings is 1. The summed E-state index contributed by atoms with van der Waals surface area (Å²) in [5.74, 6) is 0.796. The molecule has 1 aromatic heterocycles. The van der Waals surface area contributed by atoms with E-state index in [-0.39, 0.29) is 0 Å². The highest BCUT2D eigenvalue weighted by molar-refractivity contribution is 7.22. The molecule has 1 aromatic carbocycles. The van der Waals surface area contributed by atoms with Crippen LogP contribution in [0, 0.1) is 5.92 Å². The Bertz CT molecular complexity index is 526. The molecular formula is C13H17N3S. The molecule has 2 atom stereocenters. The fourth-order valence-electron chi connectivity index (χ4n) is 2.46. The third-order valence-corrected chi connectivity index (χ3v) is 4.36. The summed E-state index contributed by atoms with van der Waals surface area (Å²) >= 11 is 1.55. The zero-order valence-corrected chi connectivity index (χ0v) is 10.8. The van der Waals surface area contributed by atoms with Crippen LogP contribution in [0.25, 0.3) is 10.2 Å². The van der Waals surface area contributed by atoms with Crippen molar-refractivity contribution in [2.24, 2.45) is 5.92 Å². The van der Waals surface area contributed by atoms with E-state index in [0.29, 0.717) is 11.2 Å². The number of nitrogens with two attached hydrogens (primary N) is 1. The first-order chi connectivity index (χ1) is 8.22. The molecule has 0 amide bonds. The van der Waals surface area contributed by atoms with Crippen LogP contribution in [0.3, 0.4) is 0 Å². The molecule has 1 saturated heterocycles. The monoisotopic (exact) mass is 247 g/mol. The van der Waals surface area contributed by atoms with E-state index in [1.54, 1.807) is 11.3 Å². The molecule has 3 N–H and O–H groups in total. The van der Waals surface area contributed by atoms with Crippen LogP contribution in [0.4, 0.5) is 5.13 Å². The zero-order valence-electron chi connectivity index (χ0n) is 9.94.